The van der Waals surface area contributed by atoms with Crippen LogP contribution in [0.2, 0.25) is 0 Å². The fourth-order valence-electron chi connectivity index (χ4n) is 2.22. The number of ether oxygens (including phenoxy) is 1. The molecular weight excluding hydrogens is 304 g/mol. The van der Waals surface area contributed by atoms with Crippen molar-refractivity contribution in [1.29, 1.82) is 0 Å². The van der Waals surface area contributed by atoms with Crippen LogP contribution < -0.4 is 5.32 Å². The number of fused-ring (bicyclic) bond motifs is 1. The number of amides is 1. The number of hydrogen-bond donors (Lipinski definition) is 2. The molecule has 0 aliphatic carbocycles. The summed E-state index contributed by atoms with van der Waals surface area (Å²) in [5, 5.41) is 13.8. The Kier molecular flexibility index (Phi) is 4.17. The van der Waals surface area contributed by atoms with Gasteiger partial charge in [0.05, 0.1) is 18.2 Å². The van der Waals surface area contributed by atoms with E-state index in [1.807, 2.05) is 12.1 Å². The Morgan fingerprint density at radius 3 is 2.91 bits per heavy atom. The molecule has 1 amide bonds. The van der Waals surface area contributed by atoms with Gasteiger partial charge in [-0.05, 0) is 23.3 Å². The van der Waals surface area contributed by atoms with Crippen LogP contribution in [-0.2, 0) is 24.4 Å². The number of carboxylic acids is 1. The number of rotatable bonds is 5. The van der Waals surface area contributed by atoms with Gasteiger partial charge in [0.2, 0.25) is 0 Å². The molecule has 0 bridgehead atoms. The van der Waals surface area contributed by atoms with Gasteiger partial charge in [0.25, 0.3) is 5.91 Å². The molecule has 1 aliphatic heterocycles. The van der Waals surface area contributed by atoms with Gasteiger partial charge < -0.3 is 15.2 Å². The Labute approximate surface area is 130 Å². The van der Waals surface area contributed by atoms with Crippen molar-refractivity contribution < 1.29 is 19.4 Å². The lowest BCUT2D eigenvalue weighted by atomic mass is 10.1. The molecule has 6 nitrogen and oxygen atoms in total. The van der Waals surface area contributed by atoms with Crippen LogP contribution in [0.1, 0.15) is 37.0 Å². The lowest BCUT2D eigenvalue weighted by Gasteiger charge is -2.05. The Morgan fingerprint density at radius 1 is 1.32 bits per heavy atom. The zero-order valence-corrected chi connectivity index (χ0v) is 12.5. The van der Waals surface area contributed by atoms with Crippen molar-refractivity contribution in [2.24, 2.45) is 0 Å². The van der Waals surface area contributed by atoms with Crippen LogP contribution >= 0.6 is 11.3 Å². The lowest BCUT2D eigenvalue weighted by Crippen LogP contribution is -2.25. The van der Waals surface area contributed by atoms with Crippen LogP contribution in [0.3, 0.4) is 0 Å². The maximum absolute atomic E-state index is 12.1. The quantitative estimate of drug-likeness (QED) is 0.878. The largest absolute Gasteiger partial charge is 0.476 e. The number of benzene rings is 1. The number of nitrogens with one attached hydrogen (secondary N) is 1. The average molecular weight is 318 g/mol. The van der Waals surface area contributed by atoms with Crippen molar-refractivity contribution in [3.05, 3.63) is 51.0 Å². The second-order valence-electron chi connectivity index (χ2n) is 4.91. The number of carbonyl (C=O) groups is 2. The predicted molar refractivity (Wildman–Crippen MR) is 80.0 cm³/mol. The van der Waals surface area contributed by atoms with Crippen LogP contribution in [0.25, 0.3) is 0 Å². The molecule has 2 heterocycles. The van der Waals surface area contributed by atoms with Crippen LogP contribution in [0.5, 0.6) is 0 Å². The van der Waals surface area contributed by atoms with Crippen molar-refractivity contribution in [2.45, 2.75) is 19.6 Å². The predicted octanol–water partition coefficient (Wildman–Crippen LogP) is 1.84. The molecule has 2 aromatic rings. The molecule has 1 aromatic carbocycles. The van der Waals surface area contributed by atoms with Gasteiger partial charge in [-0.2, -0.15) is 0 Å². The molecule has 1 aromatic heterocycles. The third-order valence-electron chi connectivity index (χ3n) is 3.38. The van der Waals surface area contributed by atoms with Gasteiger partial charge in [-0.25, -0.2) is 9.78 Å². The first kappa shape index (κ1) is 14.7. The third-order valence-corrected chi connectivity index (χ3v) is 4.29. The minimum Gasteiger partial charge on any atom is -0.476 e. The highest BCUT2D eigenvalue weighted by Crippen LogP contribution is 2.20. The van der Waals surface area contributed by atoms with Crippen LogP contribution in [0.4, 0.5) is 0 Å². The van der Waals surface area contributed by atoms with Crippen molar-refractivity contribution in [3.63, 3.8) is 0 Å². The summed E-state index contributed by atoms with van der Waals surface area (Å²) in [6.45, 7) is 1.57. The zero-order chi connectivity index (χ0) is 15.5. The summed E-state index contributed by atoms with van der Waals surface area (Å²) in [5.74, 6) is -1.18. The van der Waals surface area contributed by atoms with Crippen LogP contribution in [-0.4, -0.2) is 28.5 Å². The molecule has 0 unspecified atom stereocenters. The zero-order valence-electron chi connectivity index (χ0n) is 11.7. The number of nitrogens with zero attached hydrogens (tertiary/aromatic N) is 1. The first-order chi connectivity index (χ1) is 10.6. The number of aromatic nitrogens is 1. The molecule has 0 saturated heterocycles. The molecule has 0 radical (unpaired) electrons. The van der Waals surface area contributed by atoms with Gasteiger partial charge in [-0.1, -0.05) is 6.07 Å². The van der Waals surface area contributed by atoms with E-state index in [2.05, 4.69) is 10.3 Å². The highest BCUT2D eigenvalue weighted by Gasteiger charge is 2.14. The number of hydrogen-bond acceptors (Lipinski definition) is 5. The van der Waals surface area contributed by atoms with E-state index in [0.29, 0.717) is 36.8 Å². The van der Waals surface area contributed by atoms with Gasteiger partial charge in [0, 0.05) is 23.9 Å². The van der Waals surface area contributed by atoms with E-state index >= 15 is 0 Å². The molecule has 0 fully saturated rings. The Bertz CT molecular complexity index is 726. The second-order valence-corrected chi connectivity index (χ2v) is 5.86. The molecular formula is C15H14N2O4S. The maximum atomic E-state index is 12.1. The second kappa shape index (κ2) is 6.25. The third kappa shape index (κ3) is 3.15. The van der Waals surface area contributed by atoms with E-state index in [4.69, 9.17) is 9.84 Å². The minimum absolute atomic E-state index is 0.0462. The van der Waals surface area contributed by atoms with E-state index in [1.165, 1.54) is 16.7 Å². The number of aromatic carboxylic acids is 1. The molecule has 0 atom stereocenters. The summed E-state index contributed by atoms with van der Waals surface area (Å²) in [6, 6.07) is 5.55. The standard InChI is InChI=1S/C15H14N2O4S/c18-14(9-1-2-10-6-21-7-11(10)5-9)16-4-3-13-17-12(8-22-13)15(19)20/h1-2,5,8H,3-4,6-7H2,(H,16,18)(H,19,20). The summed E-state index contributed by atoms with van der Waals surface area (Å²) in [7, 11) is 0. The smallest absolute Gasteiger partial charge is 0.355 e. The average Bonchev–Trinajstić information content (AvgIpc) is 3.15. The fraction of sp³-hybridized carbons (Fsp3) is 0.267. The summed E-state index contributed by atoms with van der Waals surface area (Å²) in [5.41, 5.74) is 2.83. The molecule has 1 aliphatic rings. The highest BCUT2D eigenvalue weighted by molar-refractivity contribution is 7.09. The number of thiazole rings is 1. The molecule has 2 N–H and O–H groups in total. The Morgan fingerprint density at radius 2 is 2.14 bits per heavy atom. The fourth-order valence-corrected chi connectivity index (χ4v) is 2.99. The lowest BCUT2D eigenvalue weighted by molar-refractivity contribution is 0.0690. The maximum Gasteiger partial charge on any atom is 0.355 e. The topological polar surface area (TPSA) is 88.5 Å². The van der Waals surface area contributed by atoms with E-state index in [9.17, 15) is 9.59 Å². The van der Waals surface area contributed by atoms with Crippen molar-refractivity contribution in [1.82, 2.24) is 10.3 Å². The van der Waals surface area contributed by atoms with Crippen molar-refractivity contribution in [3.8, 4) is 0 Å². The number of carboxylic acid groups (broad SMARTS) is 1. The Balaban J connectivity index is 1.54. The van der Waals surface area contributed by atoms with Crippen molar-refractivity contribution >= 4 is 23.2 Å². The molecule has 0 spiro atoms. The summed E-state index contributed by atoms with van der Waals surface area (Å²) >= 11 is 1.28. The highest BCUT2D eigenvalue weighted by atomic mass is 32.1. The first-order valence-corrected chi connectivity index (χ1v) is 7.67. The molecule has 0 saturated carbocycles. The summed E-state index contributed by atoms with van der Waals surface area (Å²) in [4.78, 5) is 26.8. The van der Waals surface area contributed by atoms with E-state index < -0.39 is 5.97 Å². The SMILES string of the molecule is O=C(NCCc1nc(C(=O)O)cs1)c1ccc2c(c1)COC2. The molecule has 3 rings (SSSR count). The molecule has 114 valence electrons. The van der Waals surface area contributed by atoms with Gasteiger partial charge in [-0.3, -0.25) is 4.79 Å². The van der Waals surface area contributed by atoms with Gasteiger partial charge in [0.15, 0.2) is 5.69 Å². The van der Waals surface area contributed by atoms with Gasteiger partial charge in [0.1, 0.15) is 0 Å². The van der Waals surface area contributed by atoms with E-state index in [-0.39, 0.29) is 11.6 Å². The minimum atomic E-state index is -1.04. The molecule has 22 heavy (non-hydrogen) atoms. The van der Waals surface area contributed by atoms with E-state index in [0.717, 1.165) is 11.1 Å². The van der Waals surface area contributed by atoms with Gasteiger partial charge >= 0.3 is 5.97 Å². The summed E-state index contributed by atoms with van der Waals surface area (Å²) < 4.78 is 5.32. The Hall–Kier alpha value is -2.25. The molecule has 7 heteroatoms. The summed E-state index contributed by atoms with van der Waals surface area (Å²) in [6.07, 6.45) is 0.512. The van der Waals surface area contributed by atoms with Gasteiger partial charge in [-0.15, -0.1) is 11.3 Å². The monoisotopic (exact) mass is 318 g/mol. The normalized spacial score (nSPS) is 12.9. The number of carbonyl (C=O) groups excluding carboxylic acids is 1. The van der Waals surface area contributed by atoms with Crippen LogP contribution in [0.15, 0.2) is 23.6 Å². The van der Waals surface area contributed by atoms with Crippen molar-refractivity contribution in [2.75, 3.05) is 6.54 Å². The van der Waals surface area contributed by atoms with E-state index in [1.54, 1.807) is 6.07 Å². The first-order valence-electron chi connectivity index (χ1n) is 6.79. The van der Waals surface area contributed by atoms with Crippen LogP contribution in [0, 0.1) is 0 Å².